The summed E-state index contributed by atoms with van der Waals surface area (Å²) >= 11 is 0. The zero-order valence-electron chi connectivity index (χ0n) is 7.39. The molecule has 1 N–H and O–H groups in total. The molecule has 7 heteroatoms. The van der Waals surface area contributed by atoms with Crippen molar-refractivity contribution in [2.75, 3.05) is 26.3 Å². The van der Waals surface area contributed by atoms with Crippen LogP contribution in [0.15, 0.2) is 0 Å². The van der Waals surface area contributed by atoms with E-state index in [4.69, 9.17) is 9.63 Å². The molecule has 0 radical (unpaired) electrons. The number of rotatable bonds is 2. The number of nitrogens with zero attached hydrogens (tertiary/aromatic N) is 1. The first-order valence-corrected chi connectivity index (χ1v) is 4.09. The minimum Gasteiger partial charge on any atom is -1.00 e. The smallest absolute Gasteiger partial charge is 1.00 e. The van der Waals surface area contributed by atoms with Gasteiger partial charge in [-0.15, -0.1) is 9.96 Å². The maximum absolute atomic E-state index is 10.1. The fraction of sp³-hybridized carbons (Fsp3) is 1.00. The molecule has 0 aromatic carbocycles. The van der Waals surface area contributed by atoms with Gasteiger partial charge in [0.15, 0.2) is 0 Å². The second kappa shape index (κ2) is 6.46. The number of ether oxygens (including phenoxy) is 1. The van der Waals surface area contributed by atoms with Gasteiger partial charge in [0.05, 0.1) is 26.3 Å². The number of hydroxylamine groups is 2. The van der Waals surface area contributed by atoms with Crippen molar-refractivity contribution in [3.05, 3.63) is 0 Å². The molecule has 1 heterocycles. The van der Waals surface area contributed by atoms with Crippen LogP contribution in [0.2, 0.25) is 0 Å². The Morgan fingerprint density at radius 3 is 2.55 bits per heavy atom. The van der Waals surface area contributed by atoms with Crippen LogP contribution >= 0.6 is 8.25 Å². The van der Waals surface area contributed by atoms with E-state index >= 15 is 0 Å². The Labute approximate surface area is 89.3 Å². The molecule has 0 spiro atoms. The van der Waals surface area contributed by atoms with E-state index in [9.17, 15) is 4.57 Å². The van der Waals surface area contributed by atoms with E-state index in [1.807, 2.05) is 0 Å². The molecule has 0 aromatic rings. The standard InChI is InChI=1S/C4H8NO4P.Na.H/c6-10(7)9-5-1-3-8-4-2-5;;/h1-4H2;;/q;+1;-1/p+1. The average molecular weight is 190 g/mol. The van der Waals surface area contributed by atoms with Crippen molar-refractivity contribution >= 4 is 8.25 Å². The number of morpholine rings is 1. The maximum atomic E-state index is 10.1. The largest absolute Gasteiger partial charge is 1.00 e. The predicted molar refractivity (Wildman–Crippen MR) is 34.4 cm³/mol. The van der Waals surface area contributed by atoms with Crippen molar-refractivity contribution in [2.24, 2.45) is 0 Å². The third-order valence-corrected chi connectivity index (χ3v) is 1.53. The molecule has 5 nitrogen and oxygen atoms in total. The van der Waals surface area contributed by atoms with E-state index < -0.39 is 8.25 Å². The Balaban J connectivity index is 0. The third kappa shape index (κ3) is 5.22. The average Bonchev–Trinajstić information content (AvgIpc) is 1.88. The molecule has 11 heavy (non-hydrogen) atoms. The maximum Gasteiger partial charge on any atom is 1.00 e. The van der Waals surface area contributed by atoms with E-state index in [-0.39, 0.29) is 31.0 Å². The Bertz CT molecular complexity index is 134. The predicted octanol–water partition coefficient (Wildman–Crippen LogP) is -2.98. The fourth-order valence-electron chi connectivity index (χ4n) is 0.727. The van der Waals surface area contributed by atoms with Crippen LogP contribution in [0.1, 0.15) is 1.43 Å². The van der Waals surface area contributed by atoms with Crippen LogP contribution in [0.5, 0.6) is 0 Å². The molecular weight excluding hydrogens is 180 g/mol. The van der Waals surface area contributed by atoms with Gasteiger partial charge in [-0.25, -0.2) is 0 Å². The minimum atomic E-state index is -2.50. The Morgan fingerprint density at radius 1 is 1.55 bits per heavy atom. The van der Waals surface area contributed by atoms with Crippen molar-refractivity contribution < 1.29 is 49.8 Å². The quantitative estimate of drug-likeness (QED) is 0.372. The van der Waals surface area contributed by atoms with Crippen LogP contribution in [0.3, 0.4) is 0 Å². The Hall–Kier alpha value is 0.940. The van der Waals surface area contributed by atoms with E-state index in [1.54, 1.807) is 0 Å². The van der Waals surface area contributed by atoms with Crippen LogP contribution < -0.4 is 29.6 Å². The first kappa shape index (κ1) is 11.9. The van der Waals surface area contributed by atoms with Gasteiger partial charge in [0, 0.05) is 4.57 Å². The van der Waals surface area contributed by atoms with Gasteiger partial charge in [0.25, 0.3) is 0 Å². The summed E-state index contributed by atoms with van der Waals surface area (Å²) in [6.07, 6.45) is 0. The van der Waals surface area contributed by atoms with Crippen LogP contribution in [-0.2, 0) is 13.9 Å². The van der Waals surface area contributed by atoms with Gasteiger partial charge in [0.2, 0.25) is 0 Å². The van der Waals surface area contributed by atoms with Crippen LogP contribution in [0.25, 0.3) is 0 Å². The SMILES string of the molecule is O=[P+](O)ON1CCOCC1.[H-].[Na+]. The summed E-state index contributed by atoms with van der Waals surface area (Å²) in [6.45, 7) is 2.23. The number of hydrogen-bond donors (Lipinski definition) is 1. The van der Waals surface area contributed by atoms with Gasteiger partial charge >= 0.3 is 37.8 Å². The van der Waals surface area contributed by atoms with Gasteiger partial charge in [0.1, 0.15) is 0 Å². The van der Waals surface area contributed by atoms with E-state index in [2.05, 4.69) is 4.62 Å². The topological polar surface area (TPSA) is 59.0 Å². The van der Waals surface area contributed by atoms with Crippen molar-refractivity contribution in [2.45, 2.75) is 0 Å². The summed E-state index contributed by atoms with van der Waals surface area (Å²) in [5.74, 6) is 0. The summed E-state index contributed by atoms with van der Waals surface area (Å²) in [5, 5.41) is 1.43. The third-order valence-electron chi connectivity index (χ3n) is 1.16. The van der Waals surface area contributed by atoms with Crippen LogP contribution in [0.4, 0.5) is 0 Å². The molecule has 60 valence electrons. The van der Waals surface area contributed by atoms with E-state index in [1.165, 1.54) is 5.06 Å². The van der Waals surface area contributed by atoms with Crippen molar-refractivity contribution in [3.63, 3.8) is 0 Å². The van der Waals surface area contributed by atoms with Gasteiger partial charge in [-0.05, 0) is 4.62 Å². The van der Waals surface area contributed by atoms with Gasteiger partial charge < -0.3 is 6.16 Å². The molecule has 1 unspecified atom stereocenters. The second-order valence-corrected chi connectivity index (χ2v) is 2.50. The second-order valence-electron chi connectivity index (χ2n) is 1.86. The van der Waals surface area contributed by atoms with Crippen molar-refractivity contribution in [1.82, 2.24) is 5.06 Å². The monoisotopic (exact) mass is 190 g/mol. The molecule has 1 rings (SSSR count). The molecule has 0 bridgehead atoms. The molecule has 1 aliphatic heterocycles. The van der Waals surface area contributed by atoms with Gasteiger partial charge in [-0.1, -0.05) is 0 Å². The molecule has 1 aliphatic rings. The summed E-state index contributed by atoms with van der Waals surface area (Å²) < 4.78 is 19.6. The zero-order chi connectivity index (χ0) is 7.40. The molecule has 0 saturated carbocycles. The van der Waals surface area contributed by atoms with E-state index in [0.29, 0.717) is 26.3 Å². The summed E-state index contributed by atoms with van der Waals surface area (Å²) in [7, 11) is -2.50. The Kier molecular flexibility index (Phi) is 7.01. The normalized spacial score (nSPS) is 20.6. The first-order chi connectivity index (χ1) is 4.79. The van der Waals surface area contributed by atoms with Crippen molar-refractivity contribution in [1.29, 1.82) is 0 Å². The van der Waals surface area contributed by atoms with Crippen LogP contribution in [-0.4, -0.2) is 36.3 Å². The van der Waals surface area contributed by atoms with E-state index in [0.717, 1.165) is 0 Å². The first-order valence-electron chi connectivity index (χ1n) is 2.96. The summed E-state index contributed by atoms with van der Waals surface area (Å²) in [5.41, 5.74) is 0. The molecule has 0 aromatic heterocycles. The molecule has 0 aliphatic carbocycles. The molecule has 1 fully saturated rings. The van der Waals surface area contributed by atoms with Crippen molar-refractivity contribution in [3.8, 4) is 0 Å². The van der Waals surface area contributed by atoms with Gasteiger partial charge in [-0.2, -0.15) is 0 Å². The molecule has 1 atom stereocenters. The van der Waals surface area contributed by atoms with Gasteiger partial charge in [-0.3, -0.25) is 0 Å². The number of hydrogen-bond acceptors (Lipinski definition) is 4. The molecule has 0 amide bonds. The molecule has 1 saturated heterocycles. The minimum absolute atomic E-state index is 0. The summed E-state index contributed by atoms with van der Waals surface area (Å²) in [6, 6.07) is 0. The fourth-order valence-corrected chi connectivity index (χ4v) is 1.09. The zero-order valence-corrected chi connectivity index (χ0v) is 9.29. The van der Waals surface area contributed by atoms with Crippen LogP contribution in [0, 0.1) is 0 Å². The molecular formula is C4H10NNaO4P+. The Morgan fingerprint density at radius 2 is 2.09 bits per heavy atom. The summed E-state index contributed by atoms with van der Waals surface area (Å²) in [4.78, 5) is 8.31.